The fourth-order valence-corrected chi connectivity index (χ4v) is 2.36. The lowest BCUT2D eigenvalue weighted by molar-refractivity contribution is 0.0766. The van der Waals surface area contributed by atoms with Crippen LogP contribution in [0.1, 0.15) is 23.0 Å². The summed E-state index contributed by atoms with van der Waals surface area (Å²) < 4.78 is 5.14. The van der Waals surface area contributed by atoms with Gasteiger partial charge in [0, 0.05) is 19.0 Å². The minimum absolute atomic E-state index is 0.0273. The number of ether oxygens (including phenoxy) is 1. The van der Waals surface area contributed by atoms with Crippen LogP contribution in [0, 0.1) is 0 Å². The average molecular weight is 262 g/mol. The van der Waals surface area contributed by atoms with Crippen molar-refractivity contribution in [2.75, 3.05) is 26.1 Å². The highest BCUT2D eigenvalue weighted by molar-refractivity contribution is 7.12. The summed E-state index contributed by atoms with van der Waals surface area (Å²) in [5, 5.41) is 1.86. The van der Waals surface area contributed by atoms with Gasteiger partial charge in [-0.05, 0) is 24.8 Å². The molecule has 0 atom stereocenters. The fourth-order valence-electron chi connectivity index (χ4n) is 1.41. The minimum Gasteiger partial charge on any atom is -0.495 e. The van der Waals surface area contributed by atoms with E-state index >= 15 is 0 Å². The second-order valence-corrected chi connectivity index (χ2v) is 4.54. The van der Waals surface area contributed by atoms with Crippen molar-refractivity contribution < 1.29 is 9.53 Å². The Labute approximate surface area is 105 Å². The van der Waals surface area contributed by atoms with Gasteiger partial charge in [-0.2, -0.15) is 0 Å². The lowest BCUT2D eigenvalue weighted by Gasteiger charge is -2.19. The third-order valence-corrected chi connectivity index (χ3v) is 3.42. The second kappa shape index (κ2) is 6.76. The van der Waals surface area contributed by atoms with Crippen LogP contribution in [0.4, 0.5) is 0 Å². The molecule has 3 nitrogen and oxygen atoms in total. The summed E-state index contributed by atoms with van der Waals surface area (Å²) >= 11 is 7.04. The Hall–Kier alpha value is -0.740. The zero-order chi connectivity index (χ0) is 12.0. The third kappa shape index (κ3) is 3.12. The number of halogens is 1. The largest absolute Gasteiger partial charge is 0.495 e. The molecule has 1 aromatic heterocycles. The SMILES string of the molecule is CCN(CCCCl)C(=O)c1sccc1OC. The van der Waals surface area contributed by atoms with E-state index in [-0.39, 0.29) is 5.91 Å². The molecular formula is C11H16ClNO2S. The number of rotatable bonds is 6. The molecule has 5 heteroatoms. The number of hydrogen-bond donors (Lipinski definition) is 0. The van der Waals surface area contributed by atoms with Crippen molar-refractivity contribution in [1.29, 1.82) is 0 Å². The zero-order valence-electron chi connectivity index (χ0n) is 9.53. The number of methoxy groups -OCH3 is 1. The number of hydrogen-bond acceptors (Lipinski definition) is 3. The molecule has 1 heterocycles. The van der Waals surface area contributed by atoms with Crippen molar-refractivity contribution in [3.05, 3.63) is 16.3 Å². The molecule has 0 aliphatic heterocycles. The van der Waals surface area contributed by atoms with Crippen LogP contribution in [0.3, 0.4) is 0 Å². The second-order valence-electron chi connectivity index (χ2n) is 3.25. The van der Waals surface area contributed by atoms with Gasteiger partial charge in [0.1, 0.15) is 10.6 Å². The first-order valence-corrected chi connectivity index (χ1v) is 6.62. The lowest BCUT2D eigenvalue weighted by Crippen LogP contribution is -2.31. The standard InChI is InChI=1S/C11H16ClNO2S/c1-3-13(7-4-6-12)11(14)10-9(15-2)5-8-16-10/h5,8H,3-4,6-7H2,1-2H3. The van der Waals surface area contributed by atoms with Gasteiger partial charge in [0.2, 0.25) is 0 Å². The van der Waals surface area contributed by atoms with Crippen LogP contribution >= 0.6 is 22.9 Å². The van der Waals surface area contributed by atoms with Crippen LogP contribution in [-0.4, -0.2) is 36.9 Å². The van der Waals surface area contributed by atoms with Crippen LogP contribution in [0.25, 0.3) is 0 Å². The zero-order valence-corrected chi connectivity index (χ0v) is 11.1. The predicted octanol–water partition coefficient (Wildman–Crippen LogP) is 2.85. The normalized spacial score (nSPS) is 10.2. The van der Waals surface area contributed by atoms with Crippen LogP contribution in [0.15, 0.2) is 11.4 Å². The van der Waals surface area contributed by atoms with Gasteiger partial charge >= 0.3 is 0 Å². The summed E-state index contributed by atoms with van der Waals surface area (Å²) in [6, 6.07) is 1.81. The highest BCUT2D eigenvalue weighted by Gasteiger charge is 2.19. The average Bonchev–Trinajstić information content (AvgIpc) is 2.77. The summed E-state index contributed by atoms with van der Waals surface area (Å²) in [5.41, 5.74) is 0. The van der Waals surface area contributed by atoms with Crippen molar-refractivity contribution in [3.8, 4) is 5.75 Å². The molecule has 1 rings (SSSR count). The summed E-state index contributed by atoms with van der Waals surface area (Å²) in [7, 11) is 1.58. The summed E-state index contributed by atoms with van der Waals surface area (Å²) in [6.45, 7) is 3.35. The molecule has 16 heavy (non-hydrogen) atoms. The number of amides is 1. The molecule has 90 valence electrons. The van der Waals surface area contributed by atoms with Gasteiger partial charge in [-0.15, -0.1) is 22.9 Å². The number of thiophene rings is 1. The molecule has 0 spiro atoms. The van der Waals surface area contributed by atoms with Crippen LogP contribution in [-0.2, 0) is 0 Å². The topological polar surface area (TPSA) is 29.5 Å². The van der Waals surface area contributed by atoms with Crippen molar-refractivity contribution in [2.24, 2.45) is 0 Å². The molecule has 0 N–H and O–H groups in total. The van der Waals surface area contributed by atoms with Crippen molar-refractivity contribution in [3.63, 3.8) is 0 Å². The Morgan fingerprint density at radius 1 is 1.62 bits per heavy atom. The summed E-state index contributed by atoms with van der Waals surface area (Å²) in [5.74, 6) is 1.25. The predicted molar refractivity (Wildman–Crippen MR) is 67.8 cm³/mol. The van der Waals surface area contributed by atoms with E-state index in [0.717, 1.165) is 6.42 Å². The minimum atomic E-state index is 0.0273. The smallest absolute Gasteiger partial charge is 0.267 e. The molecule has 0 unspecified atom stereocenters. The Balaban J connectivity index is 2.74. The maximum atomic E-state index is 12.1. The summed E-state index contributed by atoms with van der Waals surface area (Å²) in [4.78, 5) is 14.6. The Kier molecular flexibility index (Phi) is 5.63. The molecule has 1 aromatic rings. The van der Waals surface area contributed by atoms with Crippen LogP contribution in [0.2, 0.25) is 0 Å². The van der Waals surface area contributed by atoms with Gasteiger partial charge in [0.05, 0.1) is 7.11 Å². The van der Waals surface area contributed by atoms with E-state index in [4.69, 9.17) is 16.3 Å². The van der Waals surface area contributed by atoms with Crippen LogP contribution in [0.5, 0.6) is 5.75 Å². The Morgan fingerprint density at radius 3 is 2.94 bits per heavy atom. The maximum absolute atomic E-state index is 12.1. The molecule has 0 radical (unpaired) electrons. The molecular weight excluding hydrogens is 246 g/mol. The quantitative estimate of drug-likeness (QED) is 0.737. The Morgan fingerprint density at radius 2 is 2.38 bits per heavy atom. The highest BCUT2D eigenvalue weighted by Crippen LogP contribution is 2.25. The van der Waals surface area contributed by atoms with E-state index < -0.39 is 0 Å². The monoisotopic (exact) mass is 261 g/mol. The van der Waals surface area contributed by atoms with E-state index in [1.54, 1.807) is 12.0 Å². The number of carbonyl (C=O) groups excluding carboxylic acids is 1. The first kappa shape index (κ1) is 13.3. The molecule has 0 fully saturated rings. The van der Waals surface area contributed by atoms with Crippen LogP contribution < -0.4 is 4.74 Å². The third-order valence-electron chi connectivity index (χ3n) is 2.27. The number of carbonyl (C=O) groups is 1. The van der Waals surface area contributed by atoms with E-state index in [1.807, 2.05) is 18.4 Å². The van der Waals surface area contributed by atoms with Crippen molar-refractivity contribution in [2.45, 2.75) is 13.3 Å². The molecule has 0 bridgehead atoms. The van der Waals surface area contributed by atoms with Crippen molar-refractivity contribution >= 4 is 28.8 Å². The Bertz CT molecular complexity index is 340. The first-order chi connectivity index (χ1) is 7.74. The van der Waals surface area contributed by atoms with Gasteiger partial charge in [-0.25, -0.2) is 0 Å². The molecule has 0 aliphatic rings. The number of nitrogens with zero attached hydrogens (tertiary/aromatic N) is 1. The lowest BCUT2D eigenvalue weighted by atomic mass is 10.3. The molecule has 1 amide bonds. The van der Waals surface area contributed by atoms with Gasteiger partial charge in [0.15, 0.2) is 0 Å². The van der Waals surface area contributed by atoms with E-state index in [2.05, 4.69) is 0 Å². The van der Waals surface area contributed by atoms with Gasteiger partial charge in [-0.1, -0.05) is 0 Å². The maximum Gasteiger partial charge on any atom is 0.267 e. The van der Waals surface area contributed by atoms with Crippen molar-refractivity contribution in [1.82, 2.24) is 4.90 Å². The first-order valence-electron chi connectivity index (χ1n) is 5.21. The molecule has 0 aliphatic carbocycles. The van der Waals surface area contributed by atoms with Gasteiger partial charge in [0.25, 0.3) is 5.91 Å². The van der Waals surface area contributed by atoms with E-state index in [9.17, 15) is 4.79 Å². The number of alkyl halides is 1. The van der Waals surface area contributed by atoms with Gasteiger partial charge in [-0.3, -0.25) is 4.79 Å². The summed E-state index contributed by atoms with van der Waals surface area (Å²) in [6.07, 6.45) is 0.814. The van der Waals surface area contributed by atoms with E-state index in [0.29, 0.717) is 29.6 Å². The fraction of sp³-hybridized carbons (Fsp3) is 0.545. The van der Waals surface area contributed by atoms with Gasteiger partial charge < -0.3 is 9.64 Å². The molecule has 0 saturated carbocycles. The molecule has 0 saturated heterocycles. The van der Waals surface area contributed by atoms with E-state index in [1.165, 1.54) is 11.3 Å². The molecule has 0 aromatic carbocycles. The highest BCUT2D eigenvalue weighted by atomic mass is 35.5.